The molecular formula is C25H22ClNO4S. The molecule has 0 fully saturated rings. The number of carbonyl (C=O) groups excluding carboxylic acids is 2. The van der Waals surface area contributed by atoms with Gasteiger partial charge in [0.15, 0.2) is 5.06 Å². The van der Waals surface area contributed by atoms with Gasteiger partial charge in [-0.3, -0.25) is 4.90 Å². The van der Waals surface area contributed by atoms with Crippen LogP contribution in [0.2, 0.25) is 5.02 Å². The van der Waals surface area contributed by atoms with Gasteiger partial charge >= 0.3 is 11.9 Å². The first-order valence-electron chi connectivity index (χ1n) is 10.2. The molecule has 0 aliphatic carbocycles. The number of ether oxygens (including phenoxy) is 2. The van der Waals surface area contributed by atoms with Crippen molar-refractivity contribution in [1.82, 2.24) is 4.90 Å². The van der Waals surface area contributed by atoms with Crippen LogP contribution in [0.15, 0.2) is 66.7 Å². The van der Waals surface area contributed by atoms with Crippen LogP contribution in [-0.4, -0.2) is 30.5 Å². The third-order valence-electron chi connectivity index (χ3n) is 5.28. The van der Waals surface area contributed by atoms with Crippen molar-refractivity contribution in [1.29, 1.82) is 0 Å². The van der Waals surface area contributed by atoms with Gasteiger partial charge in [-0.25, -0.2) is 9.59 Å². The van der Waals surface area contributed by atoms with Crippen LogP contribution in [-0.2, 0) is 27.3 Å². The molecule has 1 aromatic heterocycles. The first-order valence-corrected chi connectivity index (χ1v) is 11.4. The molecule has 2 aromatic carbocycles. The van der Waals surface area contributed by atoms with Gasteiger partial charge < -0.3 is 9.47 Å². The fourth-order valence-corrected chi connectivity index (χ4v) is 5.00. The summed E-state index contributed by atoms with van der Waals surface area (Å²) in [6, 6.07) is 18.2. The van der Waals surface area contributed by atoms with Gasteiger partial charge in [0.05, 0.1) is 7.11 Å². The maximum absolute atomic E-state index is 12.6. The monoisotopic (exact) mass is 467 g/mol. The van der Waals surface area contributed by atoms with Crippen molar-refractivity contribution >= 4 is 41.0 Å². The molecule has 2 heterocycles. The smallest absolute Gasteiger partial charge is 0.336 e. The van der Waals surface area contributed by atoms with E-state index in [2.05, 4.69) is 0 Å². The molecule has 0 amide bonds. The lowest BCUT2D eigenvalue weighted by molar-refractivity contribution is -0.147. The molecule has 7 heteroatoms. The SMILES string of the molecule is COC(=O)C(c1ccccc1Cl)N1CCc2sc(OC(=O)C=Cc3ccccc3)cc2C1. The highest BCUT2D eigenvalue weighted by Crippen LogP contribution is 2.37. The van der Waals surface area contributed by atoms with Gasteiger partial charge in [-0.15, -0.1) is 11.3 Å². The lowest BCUT2D eigenvalue weighted by Crippen LogP contribution is -2.38. The Hall–Kier alpha value is -2.93. The highest BCUT2D eigenvalue weighted by atomic mass is 35.5. The third kappa shape index (κ3) is 5.10. The number of hydrogen-bond donors (Lipinski definition) is 0. The molecule has 0 saturated carbocycles. The first kappa shape index (κ1) is 22.3. The summed E-state index contributed by atoms with van der Waals surface area (Å²) in [7, 11) is 1.38. The second-order valence-electron chi connectivity index (χ2n) is 7.35. The van der Waals surface area contributed by atoms with E-state index in [1.54, 1.807) is 12.1 Å². The second kappa shape index (κ2) is 10.1. The number of thiophene rings is 1. The predicted molar refractivity (Wildman–Crippen MR) is 126 cm³/mol. The molecule has 1 aliphatic heterocycles. The van der Waals surface area contributed by atoms with Gasteiger partial charge in [-0.2, -0.15) is 0 Å². The maximum Gasteiger partial charge on any atom is 0.336 e. The van der Waals surface area contributed by atoms with E-state index in [4.69, 9.17) is 21.1 Å². The molecular weight excluding hydrogens is 446 g/mol. The minimum absolute atomic E-state index is 0.352. The number of halogens is 1. The molecule has 1 unspecified atom stereocenters. The number of benzene rings is 2. The van der Waals surface area contributed by atoms with E-state index in [0.717, 1.165) is 28.0 Å². The fraction of sp³-hybridized carbons (Fsp3) is 0.200. The number of esters is 2. The van der Waals surface area contributed by atoms with Crippen molar-refractivity contribution < 1.29 is 19.1 Å². The minimum atomic E-state index is -0.596. The molecule has 4 rings (SSSR count). The van der Waals surface area contributed by atoms with Gasteiger partial charge in [0.25, 0.3) is 0 Å². The van der Waals surface area contributed by atoms with Gasteiger partial charge in [-0.1, -0.05) is 60.1 Å². The number of nitrogens with zero attached hydrogens (tertiary/aromatic N) is 1. The van der Waals surface area contributed by atoms with Crippen molar-refractivity contribution in [2.75, 3.05) is 13.7 Å². The molecule has 0 N–H and O–H groups in total. The molecule has 164 valence electrons. The van der Waals surface area contributed by atoms with Crippen LogP contribution in [0.1, 0.15) is 27.6 Å². The Kier molecular flexibility index (Phi) is 7.05. The van der Waals surface area contributed by atoms with Crippen LogP contribution in [0.3, 0.4) is 0 Å². The highest BCUT2D eigenvalue weighted by molar-refractivity contribution is 7.14. The highest BCUT2D eigenvalue weighted by Gasteiger charge is 2.33. The largest absolute Gasteiger partial charge is 0.468 e. The Balaban J connectivity index is 1.48. The molecule has 5 nitrogen and oxygen atoms in total. The molecule has 1 atom stereocenters. The molecule has 3 aromatic rings. The predicted octanol–water partition coefficient (Wildman–Crippen LogP) is 5.29. The summed E-state index contributed by atoms with van der Waals surface area (Å²) in [6.45, 7) is 1.20. The third-order valence-corrected chi connectivity index (χ3v) is 6.73. The Morgan fingerprint density at radius 3 is 2.62 bits per heavy atom. The quantitative estimate of drug-likeness (QED) is 0.364. The van der Waals surface area contributed by atoms with Crippen LogP contribution in [0, 0.1) is 0 Å². The van der Waals surface area contributed by atoms with E-state index in [1.165, 1.54) is 24.5 Å². The van der Waals surface area contributed by atoms with Crippen molar-refractivity contribution in [2.24, 2.45) is 0 Å². The number of hydrogen-bond acceptors (Lipinski definition) is 6. The zero-order valence-corrected chi connectivity index (χ0v) is 19.1. The summed E-state index contributed by atoms with van der Waals surface area (Å²) < 4.78 is 10.6. The first-order chi connectivity index (χ1) is 15.5. The second-order valence-corrected chi connectivity index (χ2v) is 8.85. The average molecular weight is 468 g/mol. The number of fused-ring (bicyclic) bond motifs is 1. The molecule has 32 heavy (non-hydrogen) atoms. The van der Waals surface area contributed by atoms with Crippen LogP contribution < -0.4 is 4.74 Å². The van der Waals surface area contributed by atoms with Gasteiger partial charge in [0.2, 0.25) is 0 Å². The standard InChI is InChI=1S/C25H22ClNO4S/c1-30-25(29)24(19-9-5-6-10-20(19)26)27-14-13-21-18(16-27)15-23(32-21)31-22(28)12-11-17-7-3-2-4-8-17/h2-12,15,24H,13-14,16H2,1H3. The van der Waals surface area contributed by atoms with Crippen molar-refractivity contribution in [3.63, 3.8) is 0 Å². The van der Waals surface area contributed by atoms with E-state index in [1.807, 2.05) is 59.5 Å². The van der Waals surface area contributed by atoms with E-state index in [0.29, 0.717) is 23.2 Å². The maximum atomic E-state index is 12.6. The Bertz CT molecular complexity index is 1140. The lowest BCUT2D eigenvalue weighted by Gasteiger charge is -2.33. The van der Waals surface area contributed by atoms with Gasteiger partial charge in [0.1, 0.15) is 6.04 Å². The van der Waals surface area contributed by atoms with Crippen LogP contribution >= 0.6 is 22.9 Å². The Morgan fingerprint density at radius 2 is 1.88 bits per heavy atom. The number of carbonyl (C=O) groups is 2. The van der Waals surface area contributed by atoms with Gasteiger partial charge in [-0.05, 0) is 41.3 Å². The zero-order chi connectivity index (χ0) is 22.5. The summed E-state index contributed by atoms with van der Waals surface area (Å²) >= 11 is 7.84. The summed E-state index contributed by atoms with van der Waals surface area (Å²) in [6.07, 6.45) is 3.89. The van der Waals surface area contributed by atoms with Crippen LogP contribution in [0.5, 0.6) is 5.06 Å². The average Bonchev–Trinajstić information content (AvgIpc) is 3.21. The van der Waals surface area contributed by atoms with Gasteiger partial charge in [0, 0.05) is 29.1 Å². The normalized spacial score (nSPS) is 14.7. The van der Waals surface area contributed by atoms with Crippen LogP contribution in [0.25, 0.3) is 6.08 Å². The van der Waals surface area contributed by atoms with E-state index in [-0.39, 0.29) is 5.97 Å². The Morgan fingerprint density at radius 1 is 1.12 bits per heavy atom. The van der Waals surface area contributed by atoms with Crippen molar-refractivity contribution in [2.45, 2.75) is 19.0 Å². The zero-order valence-electron chi connectivity index (χ0n) is 17.5. The summed E-state index contributed by atoms with van der Waals surface area (Å²) in [5.74, 6) is -0.776. The molecule has 1 aliphatic rings. The topological polar surface area (TPSA) is 55.8 Å². The molecule has 0 saturated heterocycles. The Labute approximate surface area is 195 Å². The summed E-state index contributed by atoms with van der Waals surface area (Å²) in [5.41, 5.74) is 2.69. The van der Waals surface area contributed by atoms with E-state index in [9.17, 15) is 9.59 Å². The summed E-state index contributed by atoms with van der Waals surface area (Å²) in [4.78, 5) is 28.0. The molecule has 0 spiro atoms. The van der Waals surface area contributed by atoms with E-state index < -0.39 is 12.0 Å². The van der Waals surface area contributed by atoms with E-state index >= 15 is 0 Å². The summed E-state index contributed by atoms with van der Waals surface area (Å²) in [5, 5.41) is 1.07. The fourth-order valence-electron chi connectivity index (χ4n) is 3.74. The number of methoxy groups -OCH3 is 1. The lowest BCUT2D eigenvalue weighted by atomic mass is 10.0. The van der Waals surface area contributed by atoms with Crippen LogP contribution in [0.4, 0.5) is 0 Å². The number of rotatable bonds is 6. The van der Waals surface area contributed by atoms with Crippen molar-refractivity contribution in [3.8, 4) is 5.06 Å². The van der Waals surface area contributed by atoms with Crippen molar-refractivity contribution in [3.05, 3.63) is 93.3 Å². The molecule has 0 bridgehead atoms. The molecule has 0 radical (unpaired) electrons. The minimum Gasteiger partial charge on any atom is -0.468 e.